The Balaban J connectivity index is 3.30. The lowest BCUT2D eigenvalue weighted by molar-refractivity contribution is -0.385. The van der Waals surface area contributed by atoms with Crippen LogP contribution < -0.4 is 10.5 Å². The van der Waals surface area contributed by atoms with Gasteiger partial charge in [0.05, 0.1) is 9.82 Å². The molecule has 0 atom stereocenters. The van der Waals surface area contributed by atoms with Crippen molar-refractivity contribution in [2.24, 2.45) is 5.73 Å². The highest BCUT2D eigenvalue weighted by molar-refractivity contribution is 7.89. The van der Waals surface area contributed by atoms with Gasteiger partial charge in [-0.2, -0.15) is 0 Å². The lowest BCUT2D eigenvalue weighted by Gasteiger charge is -2.11. The van der Waals surface area contributed by atoms with E-state index in [1.54, 1.807) is 0 Å². The fourth-order valence-corrected chi connectivity index (χ4v) is 3.22. The lowest BCUT2D eigenvalue weighted by atomic mass is 10.1. The summed E-state index contributed by atoms with van der Waals surface area (Å²) in [5.41, 5.74) is 5.79. The van der Waals surface area contributed by atoms with Crippen LogP contribution in [0.2, 0.25) is 0 Å². The van der Waals surface area contributed by atoms with Gasteiger partial charge in [0, 0.05) is 25.2 Å². The Kier molecular flexibility index (Phi) is 4.38. The zero-order valence-electron chi connectivity index (χ0n) is 10.1. The standard InChI is InChI=1S/C10H15N3O4S/c1-7-5-9(13(14)15)6-8(2)10(7)18(16,17)12-4-3-11/h5-6,12H,3-4,11H2,1-2H3. The third-order valence-electron chi connectivity index (χ3n) is 2.36. The topological polar surface area (TPSA) is 115 Å². The molecule has 0 aliphatic rings. The van der Waals surface area contributed by atoms with E-state index in [0.29, 0.717) is 11.1 Å². The van der Waals surface area contributed by atoms with E-state index >= 15 is 0 Å². The van der Waals surface area contributed by atoms with E-state index < -0.39 is 14.9 Å². The summed E-state index contributed by atoms with van der Waals surface area (Å²) < 4.78 is 26.3. The predicted molar refractivity (Wildman–Crippen MR) is 66.8 cm³/mol. The molecule has 100 valence electrons. The number of nitro benzene ring substituents is 1. The average Bonchev–Trinajstić information content (AvgIpc) is 2.24. The van der Waals surface area contributed by atoms with Crippen LogP contribution in [0.1, 0.15) is 11.1 Å². The van der Waals surface area contributed by atoms with Crippen LogP contribution in [0.3, 0.4) is 0 Å². The summed E-state index contributed by atoms with van der Waals surface area (Å²) >= 11 is 0. The van der Waals surface area contributed by atoms with E-state index in [2.05, 4.69) is 4.72 Å². The second kappa shape index (κ2) is 5.42. The maximum atomic E-state index is 12.0. The molecule has 0 bridgehead atoms. The van der Waals surface area contributed by atoms with Crippen molar-refractivity contribution in [1.82, 2.24) is 4.72 Å². The largest absolute Gasteiger partial charge is 0.329 e. The number of aryl methyl sites for hydroxylation is 2. The van der Waals surface area contributed by atoms with Gasteiger partial charge in [0.15, 0.2) is 0 Å². The Morgan fingerprint density at radius 3 is 2.22 bits per heavy atom. The third kappa shape index (κ3) is 3.03. The van der Waals surface area contributed by atoms with Crippen molar-refractivity contribution in [3.05, 3.63) is 33.4 Å². The third-order valence-corrected chi connectivity index (χ3v) is 4.13. The number of nitro groups is 1. The molecule has 7 nitrogen and oxygen atoms in total. The van der Waals surface area contributed by atoms with Crippen molar-refractivity contribution in [1.29, 1.82) is 0 Å². The van der Waals surface area contributed by atoms with Gasteiger partial charge in [-0.25, -0.2) is 13.1 Å². The number of hydrogen-bond acceptors (Lipinski definition) is 5. The molecule has 0 saturated carbocycles. The van der Waals surface area contributed by atoms with Gasteiger partial charge in [0.2, 0.25) is 10.0 Å². The molecule has 0 aliphatic heterocycles. The number of benzene rings is 1. The second-order valence-corrected chi connectivity index (χ2v) is 5.56. The van der Waals surface area contributed by atoms with Crippen LogP contribution in [0.25, 0.3) is 0 Å². The number of nitrogens with two attached hydrogens (primary N) is 1. The van der Waals surface area contributed by atoms with Gasteiger partial charge in [-0.1, -0.05) is 0 Å². The van der Waals surface area contributed by atoms with Crippen molar-refractivity contribution >= 4 is 15.7 Å². The lowest BCUT2D eigenvalue weighted by Crippen LogP contribution is -2.30. The van der Waals surface area contributed by atoms with Crippen molar-refractivity contribution < 1.29 is 13.3 Å². The van der Waals surface area contributed by atoms with E-state index in [1.165, 1.54) is 26.0 Å². The zero-order valence-corrected chi connectivity index (χ0v) is 11.0. The molecule has 0 heterocycles. The van der Waals surface area contributed by atoms with Gasteiger partial charge >= 0.3 is 0 Å². The van der Waals surface area contributed by atoms with Gasteiger partial charge in [-0.3, -0.25) is 10.1 Å². The molecule has 1 aromatic carbocycles. The summed E-state index contributed by atoms with van der Waals surface area (Å²) in [6, 6.07) is 2.48. The fraction of sp³-hybridized carbons (Fsp3) is 0.400. The van der Waals surface area contributed by atoms with Crippen LogP contribution in [0.4, 0.5) is 5.69 Å². The summed E-state index contributed by atoms with van der Waals surface area (Å²) in [6.45, 7) is 3.36. The fourth-order valence-electron chi connectivity index (χ4n) is 1.72. The summed E-state index contributed by atoms with van der Waals surface area (Å²) in [5, 5.41) is 10.7. The highest BCUT2D eigenvalue weighted by Gasteiger charge is 2.21. The zero-order chi connectivity index (χ0) is 13.9. The number of non-ortho nitro benzene ring substituents is 1. The van der Waals surface area contributed by atoms with Crippen molar-refractivity contribution in [3.8, 4) is 0 Å². The maximum absolute atomic E-state index is 12.0. The molecule has 0 amide bonds. The summed E-state index contributed by atoms with van der Waals surface area (Å²) in [4.78, 5) is 10.2. The van der Waals surface area contributed by atoms with Crippen molar-refractivity contribution in [3.63, 3.8) is 0 Å². The quantitative estimate of drug-likeness (QED) is 0.597. The smallest absolute Gasteiger partial charge is 0.270 e. The molecular formula is C10H15N3O4S. The first kappa shape index (κ1) is 14.6. The van der Waals surface area contributed by atoms with Crippen molar-refractivity contribution in [2.45, 2.75) is 18.7 Å². The first-order chi connectivity index (χ1) is 8.29. The SMILES string of the molecule is Cc1cc([N+](=O)[O-])cc(C)c1S(=O)(=O)NCCN. The maximum Gasteiger partial charge on any atom is 0.270 e. The molecule has 1 rings (SSSR count). The van der Waals surface area contributed by atoms with Crippen LogP contribution >= 0.6 is 0 Å². The normalized spacial score (nSPS) is 11.5. The Bertz CT molecular complexity index is 545. The van der Waals surface area contributed by atoms with Crippen LogP contribution in [-0.4, -0.2) is 26.4 Å². The van der Waals surface area contributed by atoms with Crippen LogP contribution in [0.15, 0.2) is 17.0 Å². The van der Waals surface area contributed by atoms with E-state index in [0.717, 1.165) is 0 Å². The minimum absolute atomic E-state index is 0.0709. The highest BCUT2D eigenvalue weighted by Crippen LogP contribution is 2.25. The molecule has 0 saturated heterocycles. The van der Waals surface area contributed by atoms with E-state index in [4.69, 9.17) is 5.73 Å². The molecule has 1 aromatic rings. The number of sulfonamides is 1. The minimum atomic E-state index is -3.68. The Morgan fingerprint density at radius 2 is 1.83 bits per heavy atom. The summed E-state index contributed by atoms with van der Waals surface area (Å²) in [7, 11) is -3.68. The molecule has 0 spiro atoms. The van der Waals surface area contributed by atoms with Gasteiger partial charge < -0.3 is 5.73 Å². The molecular weight excluding hydrogens is 258 g/mol. The molecule has 0 aliphatic carbocycles. The molecule has 3 N–H and O–H groups in total. The Labute approximate surface area is 105 Å². The number of rotatable bonds is 5. The van der Waals surface area contributed by atoms with E-state index in [-0.39, 0.29) is 23.7 Å². The van der Waals surface area contributed by atoms with E-state index in [9.17, 15) is 18.5 Å². The monoisotopic (exact) mass is 273 g/mol. The average molecular weight is 273 g/mol. The molecule has 18 heavy (non-hydrogen) atoms. The molecule has 0 unspecified atom stereocenters. The number of hydrogen-bond donors (Lipinski definition) is 2. The molecule has 8 heteroatoms. The summed E-state index contributed by atoms with van der Waals surface area (Å²) in [6.07, 6.45) is 0. The first-order valence-corrected chi connectivity index (χ1v) is 6.73. The predicted octanol–water partition coefficient (Wildman–Crippen LogP) is 0.449. The molecule has 0 aromatic heterocycles. The van der Waals surface area contributed by atoms with Crippen LogP contribution in [-0.2, 0) is 10.0 Å². The highest BCUT2D eigenvalue weighted by atomic mass is 32.2. The second-order valence-electron chi connectivity index (χ2n) is 3.85. The van der Waals surface area contributed by atoms with Crippen molar-refractivity contribution in [2.75, 3.05) is 13.1 Å². The van der Waals surface area contributed by atoms with Gasteiger partial charge in [-0.05, 0) is 25.0 Å². The van der Waals surface area contributed by atoms with Gasteiger partial charge in [-0.15, -0.1) is 0 Å². The summed E-state index contributed by atoms with van der Waals surface area (Å²) in [5.74, 6) is 0. The van der Waals surface area contributed by atoms with Crippen LogP contribution in [0, 0.1) is 24.0 Å². The van der Waals surface area contributed by atoms with E-state index in [1.807, 2.05) is 0 Å². The Hall–Kier alpha value is -1.51. The number of nitrogens with zero attached hydrogens (tertiary/aromatic N) is 1. The van der Waals surface area contributed by atoms with Crippen LogP contribution in [0.5, 0.6) is 0 Å². The Morgan fingerprint density at radius 1 is 1.33 bits per heavy atom. The first-order valence-electron chi connectivity index (χ1n) is 5.25. The molecule has 0 fully saturated rings. The van der Waals surface area contributed by atoms with Gasteiger partial charge in [0.25, 0.3) is 5.69 Å². The van der Waals surface area contributed by atoms with Gasteiger partial charge in [0.1, 0.15) is 0 Å². The number of nitrogens with one attached hydrogen (secondary N) is 1. The molecule has 0 radical (unpaired) electrons. The minimum Gasteiger partial charge on any atom is -0.329 e.